The molecule has 5 rings (SSSR count). The number of carbonyl (C=O) groups is 1. The highest BCUT2D eigenvalue weighted by atomic mass is 35.5. The predicted octanol–water partition coefficient (Wildman–Crippen LogP) is 4.73. The standard InChI is InChI=1S/C26H24ClN5O4/c1-13-6-9-17(36-13)23(26(2,3)4)31-20-19(21(33)22(20)34)30-16-8-7-15(27)14-12-32(24(35)18(14)16)25-28-10-5-11-29-25/h5-11,23,30-31H,12H2,1-4H3/t23-/m0/s1. The maximum Gasteiger partial charge on any atom is 0.263 e. The van der Waals surface area contributed by atoms with Gasteiger partial charge in [0.1, 0.15) is 22.9 Å². The first-order valence-corrected chi connectivity index (χ1v) is 11.8. The Hall–Kier alpha value is -3.98. The van der Waals surface area contributed by atoms with Crippen LogP contribution in [0.15, 0.2) is 56.7 Å². The highest BCUT2D eigenvalue weighted by Gasteiger charge is 2.36. The third-order valence-electron chi connectivity index (χ3n) is 6.19. The van der Waals surface area contributed by atoms with E-state index in [9.17, 15) is 14.4 Å². The second-order valence-electron chi connectivity index (χ2n) is 9.81. The summed E-state index contributed by atoms with van der Waals surface area (Å²) < 4.78 is 5.82. The molecule has 0 unspecified atom stereocenters. The fraction of sp³-hybridized carbons (Fsp3) is 0.269. The lowest BCUT2D eigenvalue weighted by Gasteiger charge is -2.31. The zero-order chi connectivity index (χ0) is 25.8. The Balaban J connectivity index is 1.50. The first kappa shape index (κ1) is 23.7. The number of fused-ring (bicyclic) bond motifs is 1. The Morgan fingerprint density at radius 3 is 2.36 bits per heavy atom. The Kier molecular flexibility index (Phi) is 5.67. The number of rotatable bonds is 6. The molecular formula is C26H24ClN5O4. The molecule has 1 amide bonds. The van der Waals surface area contributed by atoms with Crippen LogP contribution in [0.5, 0.6) is 0 Å². The fourth-order valence-electron chi connectivity index (χ4n) is 4.33. The van der Waals surface area contributed by atoms with Gasteiger partial charge in [-0.15, -0.1) is 0 Å². The van der Waals surface area contributed by atoms with Crippen LogP contribution in [0.3, 0.4) is 0 Å². The average Bonchev–Trinajstić information content (AvgIpc) is 3.43. The Labute approximate surface area is 211 Å². The number of carbonyl (C=O) groups excluding carboxylic acids is 1. The summed E-state index contributed by atoms with van der Waals surface area (Å²) in [4.78, 5) is 48.3. The van der Waals surface area contributed by atoms with Gasteiger partial charge in [-0.3, -0.25) is 19.3 Å². The lowest BCUT2D eigenvalue weighted by atomic mass is 9.85. The number of amides is 1. The zero-order valence-electron chi connectivity index (χ0n) is 20.2. The molecule has 2 aromatic carbocycles. The van der Waals surface area contributed by atoms with Gasteiger partial charge in [-0.05, 0) is 42.7 Å². The van der Waals surface area contributed by atoms with E-state index in [1.165, 1.54) is 4.90 Å². The molecule has 1 aliphatic heterocycles. The molecule has 2 N–H and O–H groups in total. The van der Waals surface area contributed by atoms with Gasteiger partial charge < -0.3 is 15.1 Å². The Morgan fingerprint density at radius 1 is 1.03 bits per heavy atom. The van der Waals surface area contributed by atoms with Crippen molar-refractivity contribution in [1.29, 1.82) is 0 Å². The average molecular weight is 506 g/mol. The molecule has 3 heterocycles. The van der Waals surface area contributed by atoms with E-state index in [2.05, 4.69) is 20.6 Å². The van der Waals surface area contributed by atoms with Gasteiger partial charge in [0, 0.05) is 23.0 Å². The maximum absolute atomic E-state index is 13.3. The van der Waals surface area contributed by atoms with E-state index in [1.54, 1.807) is 30.6 Å². The van der Waals surface area contributed by atoms with Crippen molar-refractivity contribution in [3.63, 3.8) is 0 Å². The van der Waals surface area contributed by atoms with E-state index >= 15 is 0 Å². The molecule has 0 spiro atoms. The van der Waals surface area contributed by atoms with Crippen LogP contribution in [0, 0.1) is 12.3 Å². The van der Waals surface area contributed by atoms with Crippen molar-refractivity contribution in [2.24, 2.45) is 5.41 Å². The van der Waals surface area contributed by atoms with Crippen molar-refractivity contribution in [2.75, 3.05) is 15.5 Å². The SMILES string of the molecule is Cc1ccc([C@H](Nc2c(Nc3ccc(Cl)c4c3C(=O)N(c3ncccn3)C4)c(=O)c2=O)C(C)(C)C)o1. The number of furan rings is 1. The molecule has 0 saturated heterocycles. The Bertz CT molecular complexity index is 1550. The molecular weight excluding hydrogens is 482 g/mol. The van der Waals surface area contributed by atoms with Crippen molar-refractivity contribution in [1.82, 2.24) is 9.97 Å². The van der Waals surface area contributed by atoms with Crippen LogP contribution >= 0.6 is 11.6 Å². The van der Waals surface area contributed by atoms with Crippen molar-refractivity contribution >= 4 is 40.5 Å². The third-order valence-corrected chi connectivity index (χ3v) is 6.55. The number of hydrogen-bond donors (Lipinski definition) is 2. The first-order chi connectivity index (χ1) is 17.1. The lowest BCUT2D eigenvalue weighted by Crippen LogP contribution is -2.39. The summed E-state index contributed by atoms with van der Waals surface area (Å²) in [6.45, 7) is 8.05. The number of benzene rings is 1. The first-order valence-electron chi connectivity index (χ1n) is 11.4. The molecule has 4 aromatic rings. The van der Waals surface area contributed by atoms with E-state index < -0.39 is 10.9 Å². The molecule has 1 aliphatic rings. The summed E-state index contributed by atoms with van der Waals surface area (Å²) in [7, 11) is 0. The van der Waals surface area contributed by atoms with Crippen LogP contribution in [-0.2, 0) is 6.54 Å². The van der Waals surface area contributed by atoms with Gasteiger partial charge in [-0.1, -0.05) is 32.4 Å². The molecule has 1 atom stereocenters. The second-order valence-corrected chi connectivity index (χ2v) is 10.2. The highest BCUT2D eigenvalue weighted by Crippen LogP contribution is 2.40. The van der Waals surface area contributed by atoms with E-state index in [0.717, 1.165) is 5.76 Å². The molecule has 0 bridgehead atoms. The van der Waals surface area contributed by atoms with E-state index in [4.69, 9.17) is 16.0 Å². The summed E-state index contributed by atoms with van der Waals surface area (Å²) in [5, 5.41) is 6.64. The minimum atomic E-state index is -0.668. The van der Waals surface area contributed by atoms with Crippen molar-refractivity contribution in [3.8, 4) is 0 Å². The summed E-state index contributed by atoms with van der Waals surface area (Å²) >= 11 is 6.41. The highest BCUT2D eigenvalue weighted by molar-refractivity contribution is 6.33. The van der Waals surface area contributed by atoms with Gasteiger partial charge in [0.15, 0.2) is 0 Å². The minimum Gasteiger partial charge on any atom is -0.464 e. The molecule has 0 aliphatic carbocycles. The maximum atomic E-state index is 13.3. The van der Waals surface area contributed by atoms with Gasteiger partial charge in [0.25, 0.3) is 16.8 Å². The van der Waals surface area contributed by atoms with E-state index in [-0.39, 0.29) is 41.2 Å². The summed E-state index contributed by atoms with van der Waals surface area (Å²) in [6.07, 6.45) is 3.10. The largest absolute Gasteiger partial charge is 0.464 e. The minimum absolute atomic E-state index is 0.0873. The molecule has 9 nitrogen and oxygen atoms in total. The number of hydrogen-bond acceptors (Lipinski definition) is 8. The zero-order valence-corrected chi connectivity index (χ0v) is 20.9. The summed E-state index contributed by atoms with van der Waals surface area (Å²) in [5.74, 6) is 1.29. The molecule has 0 saturated carbocycles. The van der Waals surface area contributed by atoms with E-state index in [0.29, 0.717) is 27.6 Å². The van der Waals surface area contributed by atoms with Gasteiger partial charge in [-0.2, -0.15) is 0 Å². The van der Waals surface area contributed by atoms with Gasteiger partial charge in [0.05, 0.1) is 23.8 Å². The monoisotopic (exact) mass is 505 g/mol. The molecule has 0 radical (unpaired) electrons. The predicted molar refractivity (Wildman–Crippen MR) is 138 cm³/mol. The van der Waals surface area contributed by atoms with Crippen LogP contribution in [0.1, 0.15) is 54.3 Å². The topological polar surface area (TPSA) is 117 Å². The summed E-state index contributed by atoms with van der Waals surface area (Å²) in [6, 6.07) is 8.24. The quantitative estimate of drug-likeness (QED) is 0.361. The van der Waals surface area contributed by atoms with Crippen LogP contribution in [0.4, 0.5) is 23.0 Å². The summed E-state index contributed by atoms with van der Waals surface area (Å²) in [5.41, 5.74) is -0.141. The van der Waals surface area contributed by atoms with Crippen molar-refractivity contribution in [2.45, 2.75) is 40.3 Å². The number of nitrogens with zero attached hydrogens (tertiary/aromatic N) is 3. The van der Waals surface area contributed by atoms with Gasteiger partial charge in [0.2, 0.25) is 5.95 Å². The van der Waals surface area contributed by atoms with Crippen LogP contribution < -0.4 is 26.4 Å². The molecule has 36 heavy (non-hydrogen) atoms. The smallest absolute Gasteiger partial charge is 0.263 e. The number of nitrogens with one attached hydrogen (secondary N) is 2. The number of halogens is 1. The van der Waals surface area contributed by atoms with Crippen molar-refractivity contribution in [3.05, 3.63) is 90.8 Å². The number of aromatic nitrogens is 2. The number of anilines is 4. The fourth-order valence-corrected chi connectivity index (χ4v) is 4.55. The number of aryl methyl sites for hydroxylation is 1. The lowest BCUT2D eigenvalue weighted by molar-refractivity contribution is 0.0996. The Morgan fingerprint density at radius 2 is 1.72 bits per heavy atom. The molecule has 184 valence electrons. The second kappa shape index (κ2) is 8.60. The van der Waals surface area contributed by atoms with Crippen molar-refractivity contribution < 1.29 is 9.21 Å². The van der Waals surface area contributed by atoms with Gasteiger partial charge >= 0.3 is 0 Å². The molecule has 2 aromatic heterocycles. The van der Waals surface area contributed by atoms with E-state index in [1.807, 2.05) is 39.8 Å². The molecule has 0 fully saturated rings. The van der Waals surface area contributed by atoms with Crippen LogP contribution in [0.2, 0.25) is 5.02 Å². The normalized spacial score (nSPS) is 14.2. The molecule has 10 heteroatoms. The van der Waals surface area contributed by atoms with Crippen LogP contribution in [-0.4, -0.2) is 15.9 Å². The third kappa shape index (κ3) is 3.95. The van der Waals surface area contributed by atoms with Crippen LogP contribution in [0.25, 0.3) is 0 Å². The van der Waals surface area contributed by atoms with Gasteiger partial charge in [-0.25, -0.2) is 9.97 Å².